The molecule has 108 valence electrons. The van der Waals surface area contributed by atoms with Crippen LogP contribution in [0.25, 0.3) is 0 Å². The van der Waals surface area contributed by atoms with Crippen LogP contribution < -0.4 is 0 Å². The van der Waals surface area contributed by atoms with E-state index in [0.717, 1.165) is 13.0 Å². The number of hydrogen-bond donors (Lipinski definition) is 0. The molecule has 2 aromatic rings. The van der Waals surface area contributed by atoms with Crippen LogP contribution in [0.15, 0.2) is 49.1 Å². The van der Waals surface area contributed by atoms with Gasteiger partial charge in [0.1, 0.15) is 0 Å². The Morgan fingerprint density at radius 2 is 1.95 bits per heavy atom. The molecule has 1 unspecified atom stereocenters. The smallest absolute Gasteiger partial charge is 0.0946 e. The van der Waals surface area contributed by atoms with Crippen molar-refractivity contribution in [2.75, 3.05) is 0 Å². The molecule has 0 amide bonds. The highest BCUT2D eigenvalue weighted by Crippen LogP contribution is 2.36. The summed E-state index contributed by atoms with van der Waals surface area (Å²) >= 11 is 6.99. The van der Waals surface area contributed by atoms with Gasteiger partial charge in [-0.1, -0.05) is 62.9 Å². The van der Waals surface area contributed by atoms with Crippen molar-refractivity contribution in [2.24, 2.45) is 0 Å². The molecule has 20 heavy (non-hydrogen) atoms. The average molecular weight is 291 g/mol. The number of rotatable bonds is 8. The fraction of sp³-hybridized carbons (Fsp3) is 0.471. The first-order chi connectivity index (χ1) is 9.74. The lowest BCUT2D eigenvalue weighted by atomic mass is 9.92. The van der Waals surface area contributed by atoms with E-state index < -0.39 is 0 Å². The molecule has 2 nitrogen and oxygen atoms in total. The van der Waals surface area contributed by atoms with Gasteiger partial charge in [0.05, 0.1) is 11.2 Å². The highest BCUT2D eigenvalue weighted by molar-refractivity contribution is 6.24. The van der Waals surface area contributed by atoms with Crippen LogP contribution in [0.2, 0.25) is 0 Å². The van der Waals surface area contributed by atoms with Gasteiger partial charge >= 0.3 is 0 Å². The maximum Gasteiger partial charge on any atom is 0.0946 e. The van der Waals surface area contributed by atoms with Crippen molar-refractivity contribution in [3.05, 3.63) is 54.6 Å². The van der Waals surface area contributed by atoms with Crippen LogP contribution in [0.4, 0.5) is 0 Å². The predicted octanol–water partition coefficient (Wildman–Crippen LogP) is 4.99. The lowest BCUT2D eigenvalue weighted by Crippen LogP contribution is -2.25. The number of imidazole rings is 1. The minimum atomic E-state index is -0.338. The van der Waals surface area contributed by atoms with E-state index in [2.05, 4.69) is 40.7 Å². The van der Waals surface area contributed by atoms with E-state index in [1.54, 1.807) is 6.20 Å². The van der Waals surface area contributed by atoms with Crippen LogP contribution >= 0.6 is 11.6 Å². The van der Waals surface area contributed by atoms with Crippen LogP contribution in [0, 0.1) is 0 Å². The summed E-state index contributed by atoms with van der Waals surface area (Å²) in [6, 6.07) is 10.4. The van der Waals surface area contributed by atoms with E-state index >= 15 is 0 Å². The molecular weight excluding hydrogens is 268 g/mol. The molecule has 3 heteroatoms. The van der Waals surface area contributed by atoms with Crippen molar-refractivity contribution in [1.82, 2.24) is 9.55 Å². The predicted molar refractivity (Wildman–Crippen MR) is 85.0 cm³/mol. The van der Waals surface area contributed by atoms with E-state index in [0.29, 0.717) is 0 Å². The normalized spacial score (nSPS) is 14.1. The Labute approximate surface area is 126 Å². The first kappa shape index (κ1) is 15.1. The number of alkyl halides is 1. The van der Waals surface area contributed by atoms with Gasteiger partial charge in [0.15, 0.2) is 0 Å². The molecule has 0 aliphatic carbocycles. The molecule has 1 aromatic carbocycles. The van der Waals surface area contributed by atoms with Gasteiger partial charge < -0.3 is 4.57 Å². The quantitative estimate of drug-likeness (QED) is 0.495. The molecule has 0 aliphatic heterocycles. The number of benzene rings is 1. The third-order valence-corrected chi connectivity index (χ3v) is 4.24. The average Bonchev–Trinajstić information content (AvgIpc) is 2.97. The molecule has 0 spiro atoms. The van der Waals surface area contributed by atoms with E-state index in [-0.39, 0.29) is 4.87 Å². The zero-order valence-electron chi connectivity index (χ0n) is 12.1. The summed E-state index contributed by atoms with van der Waals surface area (Å²) < 4.78 is 2.07. The minimum Gasteiger partial charge on any atom is -0.335 e. The van der Waals surface area contributed by atoms with Gasteiger partial charge in [-0.05, 0) is 12.0 Å². The summed E-state index contributed by atoms with van der Waals surface area (Å²) in [6.45, 7) is 3.00. The molecule has 0 saturated heterocycles. The van der Waals surface area contributed by atoms with Crippen molar-refractivity contribution < 1.29 is 0 Å². The number of unbranched alkanes of at least 4 members (excludes halogenated alkanes) is 3. The van der Waals surface area contributed by atoms with Gasteiger partial charge in [-0.25, -0.2) is 4.98 Å². The summed E-state index contributed by atoms with van der Waals surface area (Å²) in [7, 11) is 0. The number of aromatic nitrogens is 2. The van der Waals surface area contributed by atoms with Crippen molar-refractivity contribution in [3.8, 4) is 0 Å². The zero-order chi connectivity index (χ0) is 14.3. The Hall–Kier alpha value is -1.28. The molecule has 1 atom stereocenters. The second-order valence-corrected chi connectivity index (χ2v) is 6.10. The van der Waals surface area contributed by atoms with Gasteiger partial charge in [0.2, 0.25) is 0 Å². The van der Waals surface area contributed by atoms with Crippen LogP contribution in [0.3, 0.4) is 0 Å². The first-order valence-electron chi connectivity index (χ1n) is 7.45. The molecular formula is C17H23ClN2. The standard InChI is InChI=1S/C17H23ClN2/c1-2-3-4-8-11-17(18,14-20-13-12-19-15-20)16-9-6-5-7-10-16/h5-7,9-10,12-13,15H,2-4,8,11,14H2,1H3. The Balaban J connectivity index is 2.10. The van der Waals surface area contributed by atoms with Gasteiger partial charge in [-0.2, -0.15) is 0 Å². The SMILES string of the molecule is CCCCCCC(Cl)(Cn1ccnc1)c1ccccc1. The van der Waals surface area contributed by atoms with Gasteiger partial charge in [0, 0.05) is 18.9 Å². The highest BCUT2D eigenvalue weighted by Gasteiger charge is 2.29. The molecule has 1 aromatic heterocycles. The second-order valence-electron chi connectivity index (χ2n) is 5.38. The fourth-order valence-corrected chi connectivity index (χ4v) is 2.95. The van der Waals surface area contributed by atoms with Crippen molar-refractivity contribution >= 4 is 11.6 Å². The van der Waals surface area contributed by atoms with Crippen molar-refractivity contribution in [2.45, 2.75) is 50.4 Å². The van der Waals surface area contributed by atoms with Crippen LogP contribution in [-0.2, 0) is 11.4 Å². The summed E-state index contributed by atoms with van der Waals surface area (Å²) in [4.78, 5) is 3.78. The number of halogens is 1. The topological polar surface area (TPSA) is 17.8 Å². The molecule has 2 rings (SSSR count). The highest BCUT2D eigenvalue weighted by atomic mass is 35.5. The summed E-state index contributed by atoms with van der Waals surface area (Å²) in [5.74, 6) is 0. The fourth-order valence-electron chi connectivity index (χ4n) is 2.55. The van der Waals surface area contributed by atoms with E-state index in [4.69, 9.17) is 11.6 Å². The van der Waals surface area contributed by atoms with E-state index in [9.17, 15) is 0 Å². The third kappa shape index (κ3) is 4.11. The molecule has 0 N–H and O–H groups in total. The van der Waals surface area contributed by atoms with Crippen molar-refractivity contribution in [3.63, 3.8) is 0 Å². The lowest BCUT2D eigenvalue weighted by Gasteiger charge is -2.28. The first-order valence-corrected chi connectivity index (χ1v) is 7.82. The van der Waals surface area contributed by atoms with Crippen LogP contribution in [0.1, 0.15) is 44.6 Å². The monoisotopic (exact) mass is 290 g/mol. The largest absolute Gasteiger partial charge is 0.335 e. The molecule has 0 aliphatic rings. The Bertz CT molecular complexity index is 481. The van der Waals surface area contributed by atoms with E-state index in [1.165, 1.54) is 31.2 Å². The maximum absolute atomic E-state index is 6.99. The Kier molecular flexibility index (Phi) is 5.66. The molecule has 0 radical (unpaired) electrons. The molecule has 1 heterocycles. The van der Waals surface area contributed by atoms with Gasteiger partial charge in [-0.3, -0.25) is 0 Å². The molecule has 0 fully saturated rings. The van der Waals surface area contributed by atoms with Gasteiger partial charge in [0.25, 0.3) is 0 Å². The van der Waals surface area contributed by atoms with Gasteiger partial charge in [-0.15, -0.1) is 11.6 Å². The minimum absolute atomic E-state index is 0.338. The second kappa shape index (κ2) is 7.49. The Morgan fingerprint density at radius 3 is 2.60 bits per heavy atom. The maximum atomic E-state index is 6.99. The van der Waals surface area contributed by atoms with Crippen molar-refractivity contribution in [1.29, 1.82) is 0 Å². The lowest BCUT2D eigenvalue weighted by molar-refractivity contribution is 0.442. The van der Waals surface area contributed by atoms with Crippen LogP contribution in [0.5, 0.6) is 0 Å². The number of nitrogens with zero attached hydrogens (tertiary/aromatic N) is 2. The Morgan fingerprint density at radius 1 is 1.15 bits per heavy atom. The molecule has 0 bridgehead atoms. The zero-order valence-corrected chi connectivity index (χ0v) is 12.9. The van der Waals surface area contributed by atoms with Crippen LogP contribution in [-0.4, -0.2) is 9.55 Å². The summed E-state index contributed by atoms with van der Waals surface area (Å²) in [6.07, 6.45) is 11.6. The van der Waals surface area contributed by atoms with E-state index in [1.807, 2.05) is 18.6 Å². The summed E-state index contributed by atoms with van der Waals surface area (Å²) in [5, 5.41) is 0. The summed E-state index contributed by atoms with van der Waals surface area (Å²) in [5.41, 5.74) is 1.20. The third-order valence-electron chi connectivity index (χ3n) is 3.71. The molecule has 0 saturated carbocycles. The number of hydrogen-bond acceptors (Lipinski definition) is 1.